The number of hydrogen-bond donors (Lipinski definition) is 2. The summed E-state index contributed by atoms with van der Waals surface area (Å²) in [5, 5.41) is 10.0. The zero-order chi connectivity index (χ0) is 19.5. The molecule has 28 heavy (non-hydrogen) atoms. The molecule has 2 heterocycles. The molecule has 7 nitrogen and oxygen atoms in total. The highest BCUT2D eigenvalue weighted by atomic mass is 16.5. The van der Waals surface area contributed by atoms with E-state index in [2.05, 4.69) is 20.8 Å². The normalized spacial score (nSPS) is 10.9. The third-order valence-corrected chi connectivity index (χ3v) is 4.66. The number of para-hydroxylation sites is 2. The lowest BCUT2D eigenvalue weighted by molar-refractivity contribution is -0.116. The van der Waals surface area contributed by atoms with Crippen molar-refractivity contribution < 1.29 is 9.32 Å². The summed E-state index contributed by atoms with van der Waals surface area (Å²) in [4.78, 5) is 17.3. The third kappa shape index (κ3) is 3.59. The molecule has 0 atom stereocenters. The number of aromatic nitrogens is 3. The zero-order valence-electron chi connectivity index (χ0n) is 15.8. The molecule has 7 heteroatoms. The smallest absolute Gasteiger partial charge is 0.246 e. The van der Waals surface area contributed by atoms with Crippen LogP contribution >= 0.6 is 0 Å². The van der Waals surface area contributed by atoms with E-state index in [0.29, 0.717) is 18.4 Å². The summed E-state index contributed by atoms with van der Waals surface area (Å²) in [5.74, 6) is 0.821. The second kappa shape index (κ2) is 7.56. The van der Waals surface area contributed by atoms with Gasteiger partial charge in [-0.05, 0) is 31.5 Å². The van der Waals surface area contributed by atoms with Crippen molar-refractivity contribution in [2.24, 2.45) is 0 Å². The van der Waals surface area contributed by atoms with Gasteiger partial charge < -0.3 is 14.4 Å². The van der Waals surface area contributed by atoms with E-state index in [1.54, 1.807) is 0 Å². The van der Waals surface area contributed by atoms with Crippen LogP contribution < -0.4 is 10.6 Å². The summed E-state index contributed by atoms with van der Waals surface area (Å²) in [6.07, 6.45) is 0. The Hall–Kier alpha value is -3.61. The minimum absolute atomic E-state index is 0.108. The number of imidazole rings is 1. The Balaban J connectivity index is 1.57. The SMILES string of the molecule is Cc1noc(NC(=O)Cn2c(NCc3ccccc3)nc3ccccc32)c1C. The molecular formula is C21H21N5O2. The van der Waals surface area contributed by atoms with Crippen molar-refractivity contribution in [1.82, 2.24) is 14.7 Å². The van der Waals surface area contributed by atoms with Crippen LogP contribution in [0.2, 0.25) is 0 Å². The van der Waals surface area contributed by atoms with Gasteiger partial charge in [0.05, 0.1) is 16.7 Å². The fraction of sp³-hybridized carbons (Fsp3) is 0.190. The van der Waals surface area contributed by atoms with Crippen LogP contribution in [0.25, 0.3) is 11.0 Å². The van der Waals surface area contributed by atoms with Crippen molar-refractivity contribution in [3.05, 3.63) is 71.4 Å². The molecule has 0 spiro atoms. The van der Waals surface area contributed by atoms with E-state index in [-0.39, 0.29) is 12.5 Å². The molecular weight excluding hydrogens is 354 g/mol. The Labute approximate surface area is 162 Å². The molecule has 0 fully saturated rings. The first-order valence-corrected chi connectivity index (χ1v) is 9.07. The minimum Gasteiger partial charge on any atom is -0.352 e. The molecule has 0 aliphatic heterocycles. The summed E-state index contributed by atoms with van der Waals surface area (Å²) >= 11 is 0. The number of nitrogens with zero attached hydrogens (tertiary/aromatic N) is 3. The molecule has 1 amide bonds. The van der Waals surface area contributed by atoms with Crippen molar-refractivity contribution in [3.8, 4) is 0 Å². The summed E-state index contributed by atoms with van der Waals surface area (Å²) in [6.45, 7) is 4.42. The van der Waals surface area contributed by atoms with E-state index in [1.165, 1.54) is 0 Å². The third-order valence-electron chi connectivity index (χ3n) is 4.66. The van der Waals surface area contributed by atoms with Crippen molar-refractivity contribution >= 4 is 28.8 Å². The Morgan fingerprint density at radius 1 is 1.07 bits per heavy atom. The Bertz CT molecular complexity index is 1110. The van der Waals surface area contributed by atoms with Gasteiger partial charge in [-0.1, -0.05) is 47.6 Å². The lowest BCUT2D eigenvalue weighted by Gasteiger charge is -2.11. The standard InChI is InChI=1S/C21H21N5O2/c1-14-15(2)25-28-20(14)24-19(27)13-26-18-11-7-6-10-17(18)23-21(26)22-12-16-8-4-3-5-9-16/h3-11H,12-13H2,1-2H3,(H,22,23)(H,24,27). The predicted octanol–water partition coefficient (Wildman–Crippen LogP) is 3.89. The number of nitrogens with one attached hydrogen (secondary N) is 2. The minimum atomic E-state index is -0.204. The molecule has 0 aliphatic carbocycles. The second-order valence-corrected chi connectivity index (χ2v) is 6.62. The maximum absolute atomic E-state index is 12.6. The van der Waals surface area contributed by atoms with Crippen LogP contribution in [0.5, 0.6) is 0 Å². The van der Waals surface area contributed by atoms with Gasteiger partial charge in [-0.3, -0.25) is 10.1 Å². The Morgan fingerprint density at radius 3 is 2.57 bits per heavy atom. The van der Waals surface area contributed by atoms with Crippen LogP contribution in [0.3, 0.4) is 0 Å². The largest absolute Gasteiger partial charge is 0.352 e. The van der Waals surface area contributed by atoms with E-state index in [4.69, 9.17) is 4.52 Å². The van der Waals surface area contributed by atoms with Gasteiger partial charge in [0, 0.05) is 12.1 Å². The number of aryl methyl sites for hydroxylation is 1. The first-order chi connectivity index (χ1) is 13.6. The molecule has 142 valence electrons. The van der Waals surface area contributed by atoms with Crippen LogP contribution in [-0.2, 0) is 17.9 Å². The number of amides is 1. The van der Waals surface area contributed by atoms with Crippen molar-refractivity contribution in [2.45, 2.75) is 26.9 Å². The van der Waals surface area contributed by atoms with Crippen LogP contribution in [0.15, 0.2) is 59.1 Å². The quantitative estimate of drug-likeness (QED) is 0.534. The van der Waals surface area contributed by atoms with Crippen LogP contribution in [-0.4, -0.2) is 20.6 Å². The molecule has 4 rings (SSSR count). The van der Waals surface area contributed by atoms with Crippen molar-refractivity contribution in [1.29, 1.82) is 0 Å². The maximum Gasteiger partial charge on any atom is 0.246 e. The zero-order valence-corrected chi connectivity index (χ0v) is 15.8. The first kappa shape index (κ1) is 17.8. The average molecular weight is 375 g/mol. The molecule has 0 radical (unpaired) electrons. The van der Waals surface area contributed by atoms with E-state index in [1.807, 2.05) is 73.0 Å². The highest BCUT2D eigenvalue weighted by Gasteiger charge is 2.16. The Kier molecular flexibility index (Phi) is 4.80. The fourth-order valence-electron chi connectivity index (χ4n) is 2.99. The van der Waals surface area contributed by atoms with E-state index < -0.39 is 0 Å². The van der Waals surface area contributed by atoms with Gasteiger partial charge in [0.15, 0.2) is 0 Å². The lowest BCUT2D eigenvalue weighted by atomic mass is 10.2. The number of carbonyl (C=O) groups is 1. The van der Waals surface area contributed by atoms with Gasteiger partial charge in [0.25, 0.3) is 0 Å². The number of rotatable bonds is 6. The number of anilines is 2. The van der Waals surface area contributed by atoms with Crippen molar-refractivity contribution in [3.63, 3.8) is 0 Å². The number of benzene rings is 2. The van der Waals surface area contributed by atoms with Gasteiger partial charge >= 0.3 is 0 Å². The molecule has 0 aliphatic rings. The molecule has 4 aromatic rings. The second-order valence-electron chi connectivity index (χ2n) is 6.62. The number of fused-ring (bicyclic) bond motifs is 1. The summed E-state index contributed by atoms with van der Waals surface area (Å²) in [6, 6.07) is 17.8. The van der Waals surface area contributed by atoms with Gasteiger partial charge in [-0.15, -0.1) is 0 Å². The fourth-order valence-corrected chi connectivity index (χ4v) is 2.99. The number of hydrogen-bond acceptors (Lipinski definition) is 5. The van der Waals surface area contributed by atoms with Crippen LogP contribution in [0.4, 0.5) is 11.8 Å². The van der Waals surface area contributed by atoms with Gasteiger partial charge in [-0.25, -0.2) is 4.98 Å². The topological polar surface area (TPSA) is 85.0 Å². The monoisotopic (exact) mass is 375 g/mol. The molecule has 0 unspecified atom stereocenters. The summed E-state index contributed by atoms with van der Waals surface area (Å²) in [5.41, 5.74) is 4.44. The summed E-state index contributed by atoms with van der Waals surface area (Å²) < 4.78 is 7.05. The first-order valence-electron chi connectivity index (χ1n) is 9.07. The molecule has 0 saturated carbocycles. The summed E-state index contributed by atoms with van der Waals surface area (Å²) in [7, 11) is 0. The highest BCUT2D eigenvalue weighted by molar-refractivity contribution is 5.91. The Morgan fingerprint density at radius 2 is 1.82 bits per heavy atom. The van der Waals surface area contributed by atoms with E-state index in [0.717, 1.165) is 27.9 Å². The predicted molar refractivity (Wildman–Crippen MR) is 108 cm³/mol. The maximum atomic E-state index is 12.6. The molecule has 0 saturated heterocycles. The van der Waals surface area contributed by atoms with Crippen LogP contribution in [0, 0.1) is 13.8 Å². The van der Waals surface area contributed by atoms with Crippen molar-refractivity contribution in [2.75, 3.05) is 10.6 Å². The molecule has 2 N–H and O–H groups in total. The average Bonchev–Trinajstić information content (AvgIpc) is 3.22. The molecule has 2 aromatic carbocycles. The highest BCUT2D eigenvalue weighted by Crippen LogP contribution is 2.21. The van der Waals surface area contributed by atoms with Gasteiger partial charge in [0.1, 0.15) is 6.54 Å². The van der Waals surface area contributed by atoms with Gasteiger partial charge in [0.2, 0.25) is 17.7 Å². The van der Waals surface area contributed by atoms with Gasteiger partial charge in [-0.2, -0.15) is 0 Å². The van der Waals surface area contributed by atoms with Crippen LogP contribution in [0.1, 0.15) is 16.8 Å². The lowest BCUT2D eigenvalue weighted by Crippen LogP contribution is -2.20. The number of carbonyl (C=O) groups excluding carboxylic acids is 1. The molecule has 2 aromatic heterocycles. The van der Waals surface area contributed by atoms with E-state index in [9.17, 15) is 4.79 Å². The van der Waals surface area contributed by atoms with E-state index >= 15 is 0 Å². The molecule has 0 bridgehead atoms.